The second-order valence-corrected chi connectivity index (χ2v) is 2.81. The highest BCUT2D eigenvalue weighted by Gasteiger charge is 2.10. The van der Waals surface area contributed by atoms with Gasteiger partial charge in [0, 0.05) is 24.0 Å². The normalized spacial score (nSPS) is 13.4. The lowest BCUT2D eigenvalue weighted by Gasteiger charge is -2.04. The van der Waals surface area contributed by atoms with Gasteiger partial charge in [-0.2, -0.15) is 0 Å². The zero-order chi connectivity index (χ0) is 7.40. The van der Waals surface area contributed by atoms with Gasteiger partial charge < -0.3 is 5.73 Å². The Morgan fingerprint density at radius 1 is 1.70 bits per heavy atom. The summed E-state index contributed by atoms with van der Waals surface area (Å²) >= 11 is 1.33. The van der Waals surface area contributed by atoms with E-state index in [1.165, 1.54) is 11.5 Å². The molecule has 0 radical (unpaired) electrons. The summed E-state index contributed by atoms with van der Waals surface area (Å²) in [7, 11) is 0. The fourth-order valence-electron chi connectivity index (χ4n) is 0.739. The molecular weight excluding hydrogens is 148 g/mol. The van der Waals surface area contributed by atoms with Gasteiger partial charge in [-0.1, -0.05) is 11.4 Å². The summed E-state index contributed by atoms with van der Waals surface area (Å²) in [6, 6.07) is 0. The molecule has 0 saturated heterocycles. The van der Waals surface area contributed by atoms with E-state index in [1.54, 1.807) is 0 Å². The first-order chi connectivity index (χ1) is 4.88. The fourth-order valence-corrected chi connectivity index (χ4v) is 1.38. The highest BCUT2D eigenvalue weighted by molar-refractivity contribution is 7.05. The van der Waals surface area contributed by atoms with Gasteiger partial charge in [0.25, 0.3) is 0 Å². The summed E-state index contributed by atoms with van der Waals surface area (Å²) in [5, 5.41) is 8.29. The van der Waals surface area contributed by atoms with E-state index in [9.17, 15) is 0 Å². The number of hydrogen-bond acceptors (Lipinski definition) is 5. The monoisotopic (exact) mass is 158 g/mol. The fraction of sp³-hybridized carbons (Fsp3) is 0.800. The van der Waals surface area contributed by atoms with Crippen LogP contribution in [-0.4, -0.2) is 21.3 Å². The predicted molar refractivity (Wildman–Crippen MR) is 39.8 cm³/mol. The average Bonchev–Trinajstić information content (AvgIpc) is 2.43. The molecule has 0 amide bonds. The first kappa shape index (κ1) is 7.56. The predicted octanol–water partition coefficient (Wildman–Crippen LogP) is 0.385. The van der Waals surface area contributed by atoms with Crippen LogP contribution in [0.5, 0.6) is 0 Å². The van der Waals surface area contributed by atoms with Gasteiger partial charge in [-0.05, 0) is 11.6 Å². The van der Waals surface area contributed by atoms with E-state index in [2.05, 4.69) is 21.7 Å². The van der Waals surface area contributed by atoms with Gasteiger partial charge in [-0.25, -0.2) is 0 Å². The van der Waals surface area contributed by atoms with Crippen molar-refractivity contribution in [1.29, 1.82) is 0 Å². The molecule has 1 rings (SSSR count). The standard InChI is InChI=1S/C5H10N4S/c1-2-4(3-6)5-7-8-9-10-5/h4H,2-3,6H2,1H3. The van der Waals surface area contributed by atoms with Gasteiger partial charge >= 0.3 is 0 Å². The van der Waals surface area contributed by atoms with Gasteiger partial charge in [-0.3, -0.25) is 0 Å². The topological polar surface area (TPSA) is 64.7 Å². The molecule has 1 unspecified atom stereocenters. The van der Waals surface area contributed by atoms with Crippen LogP contribution >= 0.6 is 11.5 Å². The molecule has 1 aromatic rings. The molecule has 0 aliphatic heterocycles. The van der Waals surface area contributed by atoms with Crippen LogP contribution in [0.25, 0.3) is 0 Å². The summed E-state index contributed by atoms with van der Waals surface area (Å²) in [5.74, 6) is 0.347. The van der Waals surface area contributed by atoms with Crippen molar-refractivity contribution in [3.63, 3.8) is 0 Å². The zero-order valence-electron chi connectivity index (χ0n) is 5.82. The van der Waals surface area contributed by atoms with E-state index in [0.717, 1.165) is 11.4 Å². The number of hydrogen-bond donors (Lipinski definition) is 1. The largest absolute Gasteiger partial charge is 0.330 e. The summed E-state index contributed by atoms with van der Waals surface area (Å²) < 4.78 is 3.66. The molecule has 0 spiro atoms. The van der Waals surface area contributed by atoms with E-state index < -0.39 is 0 Å². The quantitative estimate of drug-likeness (QED) is 0.691. The maximum atomic E-state index is 5.49. The highest BCUT2D eigenvalue weighted by Crippen LogP contribution is 2.16. The van der Waals surface area contributed by atoms with Crippen molar-refractivity contribution >= 4 is 11.5 Å². The maximum absolute atomic E-state index is 5.49. The summed E-state index contributed by atoms with van der Waals surface area (Å²) in [4.78, 5) is 0. The lowest BCUT2D eigenvalue weighted by Crippen LogP contribution is -2.11. The molecule has 0 aliphatic rings. The second-order valence-electron chi connectivity index (χ2n) is 2.04. The van der Waals surface area contributed by atoms with Gasteiger partial charge in [0.2, 0.25) is 0 Å². The van der Waals surface area contributed by atoms with Crippen LogP contribution in [0.15, 0.2) is 0 Å². The molecule has 1 aromatic heterocycles. The Balaban J connectivity index is 2.64. The number of aromatic nitrogens is 3. The molecular formula is C5H10N4S. The van der Waals surface area contributed by atoms with Gasteiger partial charge in [0.15, 0.2) is 0 Å². The van der Waals surface area contributed by atoms with Crippen LogP contribution in [0.1, 0.15) is 24.3 Å². The number of nitrogens with two attached hydrogens (primary N) is 1. The third kappa shape index (κ3) is 1.48. The summed E-state index contributed by atoms with van der Waals surface area (Å²) in [6.07, 6.45) is 1.01. The molecule has 0 fully saturated rings. The van der Waals surface area contributed by atoms with E-state index in [4.69, 9.17) is 5.73 Å². The lowest BCUT2D eigenvalue weighted by molar-refractivity contribution is 0.658. The first-order valence-electron chi connectivity index (χ1n) is 3.23. The number of rotatable bonds is 3. The minimum Gasteiger partial charge on any atom is -0.330 e. The minimum absolute atomic E-state index is 0.347. The molecule has 1 heterocycles. The Hall–Kier alpha value is -0.550. The molecule has 0 aromatic carbocycles. The van der Waals surface area contributed by atoms with Crippen molar-refractivity contribution in [3.05, 3.63) is 5.01 Å². The van der Waals surface area contributed by atoms with Crippen LogP contribution in [0.4, 0.5) is 0 Å². The van der Waals surface area contributed by atoms with Crippen LogP contribution < -0.4 is 5.73 Å². The third-order valence-corrected chi connectivity index (χ3v) is 2.20. The Labute approximate surface area is 63.6 Å². The van der Waals surface area contributed by atoms with Crippen molar-refractivity contribution < 1.29 is 0 Å². The van der Waals surface area contributed by atoms with Crippen LogP contribution in [0.3, 0.4) is 0 Å². The summed E-state index contributed by atoms with van der Waals surface area (Å²) in [6.45, 7) is 2.71. The highest BCUT2D eigenvalue weighted by atomic mass is 32.1. The Morgan fingerprint density at radius 2 is 2.50 bits per heavy atom. The molecule has 1 atom stereocenters. The van der Waals surface area contributed by atoms with Crippen molar-refractivity contribution in [1.82, 2.24) is 14.8 Å². The van der Waals surface area contributed by atoms with Crippen molar-refractivity contribution in [3.8, 4) is 0 Å². The maximum Gasteiger partial charge on any atom is 0.142 e. The van der Waals surface area contributed by atoms with Crippen molar-refractivity contribution in [2.75, 3.05) is 6.54 Å². The molecule has 2 N–H and O–H groups in total. The summed E-state index contributed by atoms with van der Waals surface area (Å²) in [5.41, 5.74) is 5.49. The number of nitrogens with zero attached hydrogens (tertiary/aromatic N) is 3. The Kier molecular flexibility index (Phi) is 2.70. The minimum atomic E-state index is 0.347. The second kappa shape index (κ2) is 3.58. The van der Waals surface area contributed by atoms with Gasteiger partial charge in [-0.15, -0.1) is 5.10 Å². The van der Waals surface area contributed by atoms with Crippen LogP contribution in [0, 0.1) is 0 Å². The van der Waals surface area contributed by atoms with Crippen molar-refractivity contribution in [2.45, 2.75) is 19.3 Å². The van der Waals surface area contributed by atoms with Crippen molar-refractivity contribution in [2.24, 2.45) is 5.73 Å². The SMILES string of the molecule is CCC(CN)c1nnns1. The van der Waals surface area contributed by atoms with E-state index in [0.29, 0.717) is 12.5 Å². The third-order valence-electron chi connectivity index (χ3n) is 1.44. The Bertz CT molecular complexity index is 170. The average molecular weight is 158 g/mol. The van der Waals surface area contributed by atoms with Gasteiger partial charge in [0.05, 0.1) is 0 Å². The van der Waals surface area contributed by atoms with E-state index >= 15 is 0 Å². The zero-order valence-corrected chi connectivity index (χ0v) is 6.64. The molecule has 5 heteroatoms. The molecule has 0 aliphatic carbocycles. The smallest absolute Gasteiger partial charge is 0.142 e. The molecule has 0 saturated carbocycles. The van der Waals surface area contributed by atoms with Crippen LogP contribution in [-0.2, 0) is 0 Å². The van der Waals surface area contributed by atoms with E-state index in [-0.39, 0.29) is 0 Å². The molecule has 56 valence electrons. The molecule has 0 bridgehead atoms. The molecule has 4 nitrogen and oxygen atoms in total. The lowest BCUT2D eigenvalue weighted by atomic mass is 10.1. The molecule has 10 heavy (non-hydrogen) atoms. The van der Waals surface area contributed by atoms with E-state index in [1.807, 2.05) is 0 Å². The van der Waals surface area contributed by atoms with Gasteiger partial charge in [0.1, 0.15) is 5.01 Å². The Morgan fingerprint density at radius 3 is 2.90 bits per heavy atom. The first-order valence-corrected chi connectivity index (χ1v) is 4.00. The van der Waals surface area contributed by atoms with Crippen LogP contribution in [0.2, 0.25) is 0 Å².